The number of rotatable bonds is 5. The summed E-state index contributed by atoms with van der Waals surface area (Å²) in [4.78, 5) is 15.2. The molecule has 0 radical (unpaired) electrons. The molecule has 0 saturated heterocycles. The molecule has 0 aliphatic heterocycles. The number of H-pyrrole nitrogens is 1. The zero-order chi connectivity index (χ0) is 13.8. The van der Waals surface area contributed by atoms with Crippen LogP contribution in [0.2, 0.25) is 0 Å². The molecule has 7 heteroatoms. The Hall–Kier alpha value is -1.31. The summed E-state index contributed by atoms with van der Waals surface area (Å²) in [5.74, 6) is 0. The number of nitrogens with two attached hydrogens (primary N) is 1. The van der Waals surface area contributed by atoms with Gasteiger partial charge in [0.15, 0.2) is 0 Å². The second-order valence-corrected chi connectivity index (χ2v) is 5.90. The maximum absolute atomic E-state index is 11.1. The first-order valence-electron chi connectivity index (χ1n) is 5.49. The topological polar surface area (TPSA) is 70.9 Å². The molecule has 0 spiro atoms. The van der Waals surface area contributed by atoms with Crippen LogP contribution in [0.3, 0.4) is 0 Å². The third kappa shape index (κ3) is 3.37. The molecule has 0 aliphatic carbocycles. The summed E-state index contributed by atoms with van der Waals surface area (Å²) in [6, 6.07) is 5.86. The lowest BCUT2D eigenvalue weighted by atomic mass is 10.1. The van der Waals surface area contributed by atoms with Gasteiger partial charge in [-0.05, 0) is 18.4 Å². The van der Waals surface area contributed by atoms with Crippen LogP contribution < -0.4 is 15.9 Å². The van der Waals surface area contributed by atoms with Crippen molar-refractivity contribution in [1.29, 1.82) is 0 Å². The van der Waals surface area contributed by atoms with Crippen LogP contribution in [0.4, 0.5) is 5.69 Å². The summed E-state index contributed by atoms with van der Waals surface area (Å²) >= 11 is 7.86. The second-order valence-electron chi connectivity index (χ2n) is 3.77. The summed E-state index contributed by atoms with van der Waals surface area (Å²) in [6.07, 6.45) is 1.98. The molecule has 2 aromatic rings. The van der Waals surface area contributed by atoms with E-state index in [4.69, 9.17) is 18.0 Å². The van der Waals surface area contributed by atoms with Gasteiger partial charge in [-0.25, -0.2) is 0 Å². The number of thiazole rings is 1. The number of nitrogens with one attached hydrogen (secondary N) is 2. The fraction of sp³-hybridized carbons (Fsp3) is 0.167. The zero-order valence-corrected chi connectivity index (χ0v) is 12.7. The monoisotopic (exact) mass is 311 g/mol. The summed E-state index contributed by atoms with van der Waals surface area (Å²) in [7, 11) is 0. The van der Waals surface area contributed by atoms with Crippen molar-refractivity contribution < 1.29 is 0 Å². The van der Waals surface area contributed by atoms with Crippen LogP contribution in [0.15, 0.2) is 33.3 Å². The average molecular weight is 311 g/mol. The average Bonchev–Trinajstić information content (AvgIpc) is 2.81. The summed E-state index contributed by atoms with van der Waals surface area (Å²) < 4.78 is 0. The number of anilines is 1. The van der Waals surface area contributed by atoms with Crippen LogP contribution in [0, 0.1) is 0 Å². The fourth-order valence-corrected chi connectivity index (χ4v) is 3.20. The SMILES string of the molecule is CSc1cccc(NCc2csc(=O)[nH]2)c1C(N)=S. The van der Waals surface area contributed by atoms with E-state index in [-0.39, 0.29) is 4.87 Å². The van der Waals surface area contributed by atoms with E-state index in [9.17, 15) is 4.79 Å². The Morgan fingerprint density at radius 2 is 2.37 bits per heavy atom. The number of aromatic amines is 1. The largest absolute Gasteiger partial charge is 0.389 e. The molecular formula is C12H13N3OS3. The van der Waals surface area contributed by atoms with Crippen LogP contribution in [0.5, 0.6) is 0 Å². The maximum Gasteiger partial charge on any atom is 0.304 e. The van der Waals surface area contributed by atoms with Crippen LogP contribution in [-0.2, 0) is 6.54 Å². The Balaban J connectivity index is 2.24. The molecular weight excluding hydrogens is 298 g/mol. The Kier molecular flexibility index (Phi) is 4.62. The van der Waals surface area contributed by atoms with E-state index in [1.165, 1.54) is 0 Å². The van der Waals surface area contributed by atoms with Gasteiger partial charge in [0.05, 0.1) is 6.54 Å². The first kappa shape index (κ1) is 14.1. The van der Waals surface area contributed by atoms with E-state index < -0.39 is 0 Å². The molecule has 1 aromatic heterocycles. The molecule has 0 amide bonds. The minimum absolute atomic E-state index is 0.0516. The molecule has 2 rings (SSSR count). The van der Waals surface area contributed by atoms with Gasteiger partial charge in [-0.1, -0.05) is 29.6 Å². The first-order chi connectivity index (χ1) is 9.11. The van der Waals surface area contributed by atoms with Gasteiger partial charge >= 0.3 is 4.87 Å². The highest BCUT2D eigenvalue weighted by molar-refractivity contribution is 7.98. The number of hydrogen-bond acceptors (Lipinski definition) is 5. The van der Waals surface area contributed by atoms with E-state index in [1.807, 2.05) is 24.5 Å². The summed E-state index contributed by atoms with van der Waals surface area (Å²) in [5.41, 5.74) is 8.36. The lowest BCUT2D eigenvalue weighted by Gasteiger charge is -2.13. The number of hydrogen-bond donors (Lipinski definition) is 3. The summed E-state index contributed by atoms with van der Waals surface area (Å²) in [6.45, 7) is 0.534. The van der Waals surface area contributed by atoms with Crippen molar-refractivity contribution >= 4 is 46.0 Å². The van der Waals surface area contributed by atoms with Gasteiger partial charge < -0.3 is 16.0 Å². The van der Waals surface area contributed by atoms with Gasteiger partial charge in [0.25, 0.3) is 0 Å². The molecule has 0 aliphatic rings. The van der Waals surface area contributed by atoms with Crippen molar-refractivity contribution in [3.8, 4) is 0 Å². The molecule has 0 atom stereocenters. The smallest absolute Gasteiger partial charge is 0.304 e. The molecule has 100 valence electrons. The molecule has 1 heterocycles. The van der Waals surface area contributed by atoms with Crippen molar-refractivity contribution in [1.82, 2.24) is 4.98 Å². The third-order valence-electron chi connectivity index (χ3n) is 2.53. The molecule has 0 bridgehead atoms. The molecule has 0 unspecified atom stereocenters. The normalized spacial score (nSPS) is 10.4. The fourth-order valence-electron chi connectivity index (χ4n) is 1.69. The predicted molar refractivity (Wildman–Crippen MR) is 86.4 cm³/mol. The van der Waals surface area contributed by atoms with Crippen molar-refractivity contribution in [2.45, 2.75) is 11.4 Å². The minimum Gasteiger partial charge on any atom is -0.389 e. The van der Waals surface area contributed by atoms with E-state index in [2.05, 4.69) is 10.3 Å². The highest BCUT2D eigenvalue weighted by atomic mass is 32.2. The Bertz CT molecular complexity index is 648. The van der Waals surface area contributed by atoms with Crippen molar-refractivity contribution in [3.05, 3.63) is 44.5 Å². The van der Waals surface area contributed by atoms with Crippen molar-refractivity contribution in [3.63, 3.8) is 0 Å². The van der Waals surface area contributed by atoms with Crippen molar-refractivity contribution in [2.75, 3.05) is 11.6 Å². The third-order valence-corrected chi connectivity index (χ3v) is 4.24. The molecule has 0 fully saturated rings. The number of benzene rings is 1. The molecule has 4 N–H and O–H groups in total. The van der Waals surface area contributed by atoms with Gasteiger partial charge in [0.1, 0.15) is 4.99 Å². The number of aromatic nitrogens is 1. The van der Waals surface area contributed by atoms with E-state index in [0.717, 1.165) is 33.2 Å². The van der Waals surface area contributed by atoms with E-state index in [1.54, 1.807) is 17.1 Å². The summed E-state index contributed by atoms with van der Waals surface area (Å²) in [5, 5.41) is 5.05. The Morgan fingerprint density at radius 1 is 1.58 bits per heavy atom. The highest BCUT2D eigenvalue weighted by Gasteiger charge is 2.10. The van der Waals surface area contributed by atoms with Crippen LogP contribution in [0.1, 0.15) is 11.3 Å². The zero-order valence-electron chi connectivity index (χ0n) is 10.2. The number of thiocarbonyl (C=S) groups is 1. The van der Waals surface area contributed by atoms with Crippen LogP contribution in [-0.4, -0.2) is 16.2 Å². The van der Waals surface area contributed by atoms with Gasteiger partial charge in [-0.2, -0.15) is 0 Å². The molecule has 4 nitrogen and oxygen atoms in total. The van der Waals surface area contributed by atoms with Crippen LogP contribution in [0.25, 0.3) is 0 Å². The van der Waals surface area contributed by atoms with Crippen molar-refractivity contribution in [2.24, 2.45) is 5.73 Å². The predicted octanol–water partition coefficient (Wildman–Crippen LogP) is 2.40. The van der Waals surface area contributed by atoms with Gasteiger partial charge in [0.2, 0.25) is 0 Å². The lowest BCUT2D eigenvalue weighted by Crippen LogP contribution is -2.14. The first-order valence-corrected chi connectivity index (χ1v) is 8.00. The quantitative estimate of drug-likeness (QED) is 0.584. The molecule has 1 aromatic carbocycles. The standard InChI is InChI=1S/C12H13N3OS3/c1-18-9-4-2-3-8(10(9)11(13)17)14-5-7-6-19-12(16)15-7/h2-4,6,14H,5H2,1H3,(H2,13,17)(H,15,16). The van der Waals surface area contributed by atoms with Gasteiger partial charge in [-0.15, -0.1) is 11.8 Å². The molecule has 0 saturated carbocycles. The molecule has 19 heavy (non-hydrogen) atoms. The van der Waals surface area contributed by atoms with Gasteiger partial charge in [-0.3, -0.25) is 4.79 Å². The highest BCUT2D eigenvalue weighted by Crippen LogP contribution is 2.27. The van der Waals surface area contributed by atoms with E-state index >= 15 is 0 Å². The second kappa shape index (κ2) is 6.23. The van der Waals surface area contributed by atoms with Crippen LogP contribution >= 0.6 is 35.3 Å². The lowest BCUT2D eigenvalue weighted by molar-refractivity contribution is 1.06. The maximum atomic E-state index is 11.1. The van der Waals surface area contributed by atoms with Gasteiger partial charge in [0, 0.05) is 27.2 Å². The minimum atomic E-state index is -0.0516. The Labute approximate surface area is 124 Å². The Morgan fingerprint density at radius 3 is 2.95 bits per heavy atom. The number of thioether (sulfide) groups is 1. The van der Waals surface area contributed by atoms with E-state index in [0.29, 0.717) is 11.5 Å².